The van der Waals surface area contributed by atoms with E-state index in [1.54, 1.807) is 6.20 Å². The number of hydrogen-bond donors (Lipinski definition) is 3. The van der Waals surface area contributed by atoms with Gasteiger partial charge in [0.15, 0.2) is 5.13 Å². The molecule has 1 heterocycles. The van der Waals surface area contributed by atoms with E-state index in [0.29, 0.717) is 5.13 Å². The molecular weight excluding hydrogens is 124 g/mol. The fourth-order valence-corrected chi connectivity index (χ4v) is 0.849. The summed E-state index contributed by atoms with van der Waals surface area (Å²) in [6.45, 7) is 0. The molecule has 4 nitrogen and oxygen atoms in total. The largest absolute Gasteiger partial charge is 0.375 e. The normalized spacial score (nSPS) is 9.12. The Balaban J connectivity index is 2.84. The Labute approximate surface area is 50.5 Å². The number of hydrogen-bond acceptors (Lipinski definition) is 5. The van der Waals surface area contributed by atoms with E-state index in [1.165, 1.54) is 11.3 Å². The topological polar surface area (TPSA) is 77.0 Å². The number of aromatic nitrogens is 1. The monoisotopic (exact) mass is 130 g/mol. The molecule has 0 bridgehead atoms. The first-order chi connectivity index (χ1) is 3.83. The lowest BCUT2D eigenvalue weighted by atomic mass is 10.9. The predicted molar refractivity (Wildman–Crippen MR) is 34.3 cm³/mol. The molecule has 0 aliphatic carbocycles. The Morgan fingerprint density at radius 3 is 2.75 bits per heavy atom. The van der Waals surface area contributed by atoms with Gasteiger partial charge in [0.05, 0.1) is 6.20 Å². The summed E-state index contributed by atoms with van der Waals surface area (Å²) in [6.07, 6.45) is 1.58. The van der Waals surface area contributed by atoms with E-state index in [0.717, 1.165) is 5.00 Å². The molecule has 0 aromatic carbocycles. The van der Waals surface area contributed by atoms with E-state index in [9.17, 15) is 0 Å². The summed E-state index contributed by atoms with van der Waals surface area (Å²) in [5.41, 5.74) is 7.69. The van der Waals surface area contributed by atoms with Gasteiger partial charge >= 0.3 is 0 Å². The molecule has 0 amide bonds. The third kappa shape index (κ3) is 0.877. The molecule has 0 aliphatic rings. The third-order valence-corrected chi connectivity index (χ3v) is 1.42. The summed E-state index contributed by atoms with van der Waals surface area (Å²) in [5, 5.41) is 1.31. The van der Waals surface area contributed by atoms with Gasteiger partial charge < -0.3 is 11.2 Å². The van der Waals surface area contributed by atoms with E-state index in [2.05, 4.69) is 10.4 Å². The van der Waals surface area contributed by atoms with Crippen LogP contribution in [0.3, 0.4) is 0 Å². The lowest BCUT2D eigenvalue weighted by molar-refractivity contribution is 1.35. The maximum absolute atomic E-state index is 5.27. The second-order valence-corrected chi connectivity index (χ2v) is 2.27. The van der Waals surface area contributed by atoms with Crippen LogP contribution in [0.2, 0.25) is 0 Å². The van der Waals surface area contributed by atoms with Gasteiger partial charge in [0.25, 0.3) is 0 Å². The average molecular weight is 130 g/mol. The molecule has 1 aromatic heterocycles. The van der Waals surface area contributed by atoms with Gasteiger partial charge in [-0.3, -0.25) is 0 Å². The number of hydrazine groups is 1. The van der Waals surface area contributed by atoms with E-state index >= 15 is 0 Å². The van der Waals surface area contributed by atoms with E-state index < -0.39 is 0 Å². The molecule has 0 radical (unpaired) electrons. The minimum atomic E-state index is 0.526. The van der Waals surface area contributed by atoms with Crippen molar-refractivity contribution < 1.29 is 0 Å². The van der Waals surface area contributed by atoms with E-state index in [-0.39, 0.29) is 0 Å². The van der Waals surface area contributed by atoms with Crippen LogP contribution in [0.5, 0.6) is 0 Å². The standard InChI is InChI=1S/C3H6N4S/c4-3-6-1-2(7-5)8-3/h1,7H,5H2,(H2,4,6). The van der Waals surface area contributed by atoms with Crippen LogP contribution >= 0.6 is 11.3 Å². The summed E-state index contributed by atoms with van der Waals surface area (Å²) in [6, 6.07) is 0. The van der Waals surface area contributed by atoms with E-state index in [1.807, 2.05) is 0 Å². The number of anilines is 2. The van der Waals surface area contributed by atoms with Crippen LogP contribution in [0, 0.1) is 0 Å². The first-order valence-corrected chi connectivity index (χ1v) is 2.82. The van der Waals surface area contributed by atoms with Crippen LogP contribution in [0.1, 0.15) is 0 Å². The lowest BCUT2D eigenvalue weighted by Crippen LogP contribution is -2.04. The van der Waals surface area contributed by atoms with Crippen LogP contribution < -0.4 is 17.0 Å². The Hall–Kier alpha value is -0.810. The van der Waals surface area contributed by atoms with Gasteiger partial charge in [0, 0.05) is 0 Å². The first kappa shape index (κ1) is 5.33. The molecule has 0 fully saturated rings. The van der Waals surface area contributed by atoms with Crippen molar-refractivity contribution in [2.45, 2.75) is 0 Å². The van der Waals surface area contributed by atoms with Gasteiger partial charge in [-0.25, -0.2) is 10.8 Å². The highest BCUT2D eigenvalue weighted by molar-refractivity contribution is 7.19. The molecule has 0 aliphatic heterocycles. The van der Waals surface area contributed by atoms with E-state index in [4.69, 9.17) is 11.6 Å². The van der Waals surface area contributed by atoms with Crippen molar-refractivity contribution in [2.75, 3.05) is 11.2 Å². The highest BCUT2D eigenvalue weighted by atomic mass is 32.1. The molecule has 8 heavy (non-hydrogen) atoms. The second kappa shape index (κ2) is 1.97. The number of nitrogens with two attached hydrogens (primary N) is 2. The second-order valence-electron chi connectivity index (χ2n) is 1.21. The zero-order chi connectivity index (χ0) is 5.98. The Morgan fingerprint density at radius 2 is 2.50 bits per heavy atom. The molecule has 0 saturated carbocycles. The predicted octanol–water partition coefficient (Wildman–Crippen LogP) is 0.0109. The van der Waals surface area contributed by atoms with Crippen molar-refractivity contribution in [3.63, 3.8) is 0 Å². The fraction of sp³-hybridized carbons (Fsp3) is 0. The summed E-state index contributed by atoms with van der Waals surface area (Å²) < 4.78 is 0. The van der Waals surface area contributed by atoms with Crippen LogP contribution in [-0.4, -0.2) is 4.98 Å². The van der Waals surface area contributed by atoms with Gasteiger partial charge in [-0.1, -0.05) is 11.3 Å². The number of nitrogens with zero attached hydrogens (tertiary/aromatic N) is 1. The zero-order valence-corrected chi connectivity index (χ0v) is 4.90. The fourth-order valence-electron chi connectivity index (χ4n) is 0.354. The smallest absolute Gasteiger partial charge is 0.182 e. The molecule has 5 N–H and O–H groups in total. The molecular formula is C3H6N4S. The number of thiazole rings is 1. The zero-order valence-electron chi connectivity index (χ0n) is 4.09. The van der Waals surface area contributed by atoms with Crippen molar-refractivity contribution in [3.8, 4) is 0 Å². The lowest BCUT2D eigenvalue weighted by Gasteiger charge is -1.85. The Morgan fingerprint density at radius 1 is 1.75 bits per heavy atom. The van der Waals surface area contributed by atoms with Gasteiger partial charge in [-0.05, 0) is 0 Å². The van der Waals surface area contributed by atoms with Crippen molar-refractivity contribution >= 4 is 21.5 Å². The van der Waals surface area contributed by atoms with Crippen LogP contribution in [0.4, 0.5) is 10.1 Å². The van der Waals surface area contributed by atoms with Crippen molar-refractivity contribution in [3.05, 3.63) is 6.20 Å². The summed E-state index contributed by atoms with van der Waals surface area (Å²) in [4.78, 5) is 3.74. The number of rotatable bonds is 1. The molecule has 44 valence electrons. The Kier molecular flexibility index (Phi) is 1.32. The average Bonchev–Trinajstić information content (AvgIpc) is 2.14. The Bertz CT molecular complexity index is 172. The first-order valence-electron chi connectivity index (χ1n) is 2.01. The van der Waals surface area contributed by atoms with Crippen molar-refractivity contribution in [1.82, 2.24) is 4.98 Å². The minimum Gasteiger partial charge on any atom is -0.375 e. The number of nitrogens with one attached hydrogen (secondary N) is 1. The highest BCUT2D eigenvalue weighted by Gasteiger charge is 1.91. The van der Waals surface area contributed by atoms with Gasteiger partial charge in [0.2, 0.25) is 0 Å². The molecule has 1 aromatic rings. The van der Waals surface area contributed by atoms with Crippen LogP contribution in [-0.2, 0) is 0 Å². The van der Waals surface area contributed by atoms with Crippen LogP contribution in [0.15, 0.2) is 6.20 Å². The molecule has 1 rings (SSSR count). The summed E-state index contributed by atoms with van der Waals surface area (Å²) in [7, 11) is 0. The van der Waals surface area contributed by atoms with Crippen LogP contribution in [0.25, 0.3) is 0 Å². The summed E-state index contributed by atoms with van der Waals surface area (Å²) in [5.74, 6) is 5.03. The van der Waals surface area contributed by atoms with Gasteiger partial charge in [0.1, 0.15) is 5.00 Å². The van der Waals surface area contributed by atoms with Gasteiger partial charge in [-0.2, -0.15) is 0 Å². The van der Waals surface area contributed by atoms with Crippen molar-refractivity contribution in [1.29, 1.82) is 0 Å². The van der Waals surface area contributed by atoms with Gasteiger partial charge in [-0.15, -0.1) is 0 Å². The minimum absolute atomic E-state index is 0.526. The molecule has 0 atom stereocenters. The molecule has 0 saturated heterocycles. The SMILES string of the molecule is NNc1cnc(N)s1. The quantitative estimate of drug-likeness (QED) is 0.369. The van der Waals surface area contributed by atoms with Crippen molar-refractivity contribution in [2.24, 2.45) is 5.84 Å². The summed E-state index contributed by atoms with van der Waals surface area (Å²) >= 11 is 1.32. The molecule has 5 heteroatoms. The molecule has 0 spiro atoms. The number of nitrogen functional groups attached to an aromatic ring is 2. The maximum atomic E-state index is 5.27. The molecule has 0 unspecified atom stereocenters. The third-order valence-electron chi connectivity index (χ3n) is 0.666. The highest BCUT2D eigenvalue weighted by Crippen LogP contribution is 2.17. The maximum Gasteiger partial charge on any atom is 0.182 e.